The fraction of sp³-hybridized carbons (Fsp3) is 0.393. The minimum absolute atomic E-state index is 0.0256. The van der Waals surface area contributed by atoms with Crippen LogP contribution in [-0.4, -0.2) is 17.6 Å². The van der Waals surface area contributed by atoms with Gasteiger partial charge in [-0.2, -0.15) is 0 Å². The number of aryl methyl sites for hydroxylation is 3. The Kier molecular flexibility index (Phi) is 4.30. The van der Waals surface area contributed by atoms with Gasteiger partial charge in [-0.1, -0.05) is 36.4 Å². The van der Waals surface area contributed by atoms with Crippen LogP contribution in [0.5, 0.6) is 0 Å². The molecule has 2 bridgehead atoms. The molecule has 2 saturated carbocycles. The van der Waals surface area contributed by atoms with Crippen molar-refractivity contribution in [3.8, 4) is 0 Å². The third-order valence-electron chi connectivity index (χ3n) is 8.33. The number of carbonyl (C=O) groups excluding carboxylic acids is 3. The summed E-state index contributed by atoms with van der Waals surface area (Å²) >= 11 is 0. The maximum Gasteiger partial charge on any atom is 0.238 e. The van der Waals surface area contributed by atoms with Crippen LogP contribution >= 0.6 is 0 Å². The molecule has 2 aromatic rings. The van der Waals surface area contributed by atoms with E-state index in [9.17, 15) is 14.4 Å². The largest absolute Gasteiger partial charge is 0.294 e. The highest BCUT2D eigenvalue weighted by atomic mass is 16.2. The molecule has 2 amide bonds. The van der Waals surface area contributed by atoms with Gasteiger partial charge in [0.1, 0.15) is 0 Å². The Morgan fingerprint density at radius 1 is 0.875 bits per heavy atom. The SMILES string of the molecule is Cc1ccc(C(=O)CCc2ccc(N3C(=O)C4C5C=CC(C6CC56)C4C3=O)cc2)cc1C. The van der Waals surface area contributed by atoms with Crippen LogP contribution in [0, 0.1) is 49.4 Å². The number of Topliss-reactive ketones (excluding diaryl/α,β-unsaturated/α-hetero) is 1. The topological polar surface area (TPSA) is 54.5 Å². The molecular formula is C28H27NO3. The number of ketones is 1. The highest BCUT2D eigenvalue weighted by molar-refractivity contribution is 6.22. The first-order valence-corrected chi connectivity index (χ1v) is 11.7. The van der Waals surface area contributed by atoms with E-state index in [4.69, 9.17) is 0 Å². The van der Waals surface area contributed by atoms with Crippen molar-refractivity contribution in [1.82, 2.24) is 0 Å². The summed E-state index contributed by atoms with van der Waals surface area (Å²) in [6.07, 6.45) is 6.64. The Bertz CT molecular complexity index is 1140. The lowest BCUT2D eigenvalue weighted by molar-refractivity contribution is -0.124. The molecule has 6 unspecified atom stereocenters. The number of hydrogen-bond donors (Lipinski definition) is 0. The summed E-state index contributed by atoms with van der Waals surface area (Å²) < 4.78 is 0. The second-order valence-electron chi connectivity index (χ2n) is 10.1. The van der Waals surface area contributed by atoms with Gasteiger partial charge in [0.05, 0.1) is 17.5 Å². The van der Waals surface area contributed by atoms with Gasteiger partial charge in [0.2, 0.25) is 11.8 Å². The van der Waals surface area contributed by atoms with E-state index in [1.807, 2.05) is 56.3 Å². The first kappa shape index (κ1) is 19.7. The Morgan fingerprint density at radius 3 is 2.09 bits per heavy atom. The molecule has 32 heavy (non-hydrogen) atoms. The first-order valence-electron chi connectivity index (χ1n) is 11.7. The molecular weight excluding hydrogens is 398 g/mol. The van der Waals surface area contributed by atoms with E-state index < -0.39 is 0 Å². The van der Waals surface area contributed by atoms with Crippen LogP contribution in [0.15, 0.2) is 54.6 Å². The maximum atomic E-state index is 13.2. The highest BCUT2D eigenvalue weighted by Crippen LogP contribution is 2.65. The van der Waals surface area contributed by atoms with Gasteiger partial charge in [0, 0.05) is 12.0 Å². The van der Waals surface area contributed by atoms with E-state index in [0.29, 0.717) is 30.4 Å². The molecule has 4 nitrogen and oxygen atoms in total. The number of anilines is 1. The van der Waals surface area contributed by atoms with Crippen molar-refractivity contribution in [3.05, 3.63) is 76.9 Å². The van der Waals surface area contributed by atoms with Crippen LogP contribution in [0.1, 0.15) is 39.9 Å². The van der Waals surface area contributed by atoms with E-state index in [1.165, 1.54) is 16.9 Å². The number of carbonyl (C=O) groups is 3. The second-order valence-corrected chi connectivity index (χ2v) is 10.1. The van der Waals surface area contributed by atoms with Crippen molar-refractivity contribution in [2.75, 3.05) is 4.90 Å². The average Bonchev–Trinajstić information content (AvgIpc) is 3.58. The maximum absolute atomic E-state index is 13.2. The van der Waals surface area contributed by atoms with Gasteiger partial charge in [-0.3, -0.25) is 19.3 Å². The second kappa shape index (κ2) is 6.99. The number of hydrogen-bond acceptors (Lipinski definition) is 3. The Hall–Kier alpha value is -3.01. The fourth-order valence-corrected chi connectivity index (χ4v) is 6.34. The Morgan fingerprint density at radius 2 is 1.50 bits per heavy atom. The van der Waals surface area contributed by atoms with E-state index in [-0.39, 0.29) is 41.3 Å². The Labute approximate surface area is 188 Å². The summed E-state index contributed by atoms with van der Waals surface area (Å²) in [6, 6.07) is 13.4. The number of allylic oxidation sites excluding steroid dienone is 2. The van der Waals surface area contributed by atoms with Gasteiger partial charge in [-0.15, -0.1) is 0 Å². The zero-order chi connectivity index (χ0) is 22.1. The quantitative estimate of drug-likeness (QED) is 0.397. The number of rotatable bonds is 5. The van der Waals surface area contributed by atoms with Gasteiger partial charge in [0.25, 0.3) is 0 Å². The van der Waals surface area contributed by atoms with Crippen molar-refractivity contribution < 1.29 is 14.4 Å². The number of benzene rings is 2. The summed E-state index contributed by atoms with van der Waals surface area (Å²) in [5.41, 5.74) is 4.75. The van der Waals surface area contributed by atoms with Gasteiger partial charge < -0.3 is 0 Å². The van der Waals surface area contributed by atoms with Crippen LogP contribution in [0.25, 0.3) is 0 Å². The molecule has 0 aromatic heterocycles. The standard InChI is InChI=1S/C28H27NO3/c1-15-3-7-18(13-16(15)2)24(30)12-6-17-4-8-19(9-5-17)29-27(31)25-20-10-11-21(23-14-22(20)23)26(25)28(29)32/h3-5,7-11,13,20-23,25-26H,6,12,14H2,1-2H3. The van der Waals surface area contributed by atoms with Gasteiger partial charge >= 0.3 is 0 Å². The van der Waals surface area contributed by atoms with Crippen molar-refractivity contribution in [2.45, 2.75) is 33.1 Å². The molecule has 4 aliphatic carbocycles. The van der Waals surface area contributed by atoms with E-state index >= 15 is 0 Å². The van der Waals surface area contributed by atoms with Crippen molar-refractivity contribution >= 4 is 23.3 Å². The average molecular weight is 426 g/mol. The number of amides is 2. The third kappa shape index (κ3) is 2.85. The molecule has 5 aliphatic rings. The molecule has 0 spiro atoms. The summed E-state index contributed by atoms with van der Waals surface area (Å²) in [5, 5.41) is 0. The van der Waals surface area contributed by atoms with Crippen molar-refractivity contribution in [1.29, 1.82) is 0 Å². The molecule has 6 atom stereocenters. The summed E-state index contributed by atoms with van der Waals surface area (Å²) in [7, 11) is 0. The molecule has 0 radical (unpaired) electrons. The van der Waals surface area contributed by atoms with Crippen LogP contribution in [0.3, 0.4) is 0 Å². The smallest absolute Gasteiger partial charge is 0.238 e. The minimum Gasteiger partial charge on any atom is -0.294 e. The predicted molar refractivity (Wildman–Crippen MR) is 122 cm³/mol. The molecule has 1 saturated heterocycles. The highest BCUT2D eigenvalue weighted by Gasteiger charge is 2.67. The summed E-state index contributed by atoms with van der Waals surface area (Å²) in [6.45, 7) is 4.06. The van der Waals surface area contributed by atoms with Crippen LogP contribution < -0.4 is 4.90 Å². The number of imide groups is 1. The van der Waals surface area contributed by atoms with Gasteiger partial charge in [0.15, 0.2) is 5.78 Å². The zero-order valence-corrected chi connectivity index (χ0v) is 18.5. The lowest BCUT2D eigenvalue weighted by Crippen LogP contribution is -2.40. The van der Waals surface area contributed by atoms with Crippen molar-refractivity contribution in [2.24, 2.45) is 35.5 Å². The summed E-state index contributed by atoms with van der Waals surface area (Å²) in [4.78, 5) is 40.5. The lowest BCUT2D eigenvalue weighted by Gasteiger charge is -2.37. The van der Waals surface area contributed by atoms with Crippen LogP contribution in [-0.2, 0) is 16.0 Å². The van der Waals surface area contributed by atoms with Crippen LogP contribution in [0.2, 0.25) is 0 Å². The molecule has 1 aliphatic heterocycles. The molecule has 4 heteroatoms. The monoisotopic (exact) mass is 425 g/mol. The fourth-order valence-electron chi connectivity index (χ4n) is 6.34. The number of nitrogens with zero attached hydrogens (tertiary/aromatic N) is 1. The molecule has 2 aromatic carbocycles. The summed E-state index contributed by atoms with van der Waals surface area (Å²) in [5.74, 6) is 1.45. The third-order valence-corrected chi connectivity index (χ3v) is 8.33. The minimum atomic E-state index is -0.170. The van der Waals surface area contributed by atoms with Gasteiger partial charge in [-0.05, 0) is 85.3 Å². The van der Waals surface area contributed by atoms with Crippen LogP contribution in [0.4, 0.5) is 5.69 Å². The first-order chi connectivity index (χ1) is 15.4. The normalized spacial score (nSPS) is 31.6. The molecule has 1 heterocycles. The lowest BCUT2D eigenvalue weighted by atomic mass is 9.63. The zero-order valence-electron chi connectivity index (χ0n) is 18.5. The molecule has 7 rings (SSSR count). The van der Waals surface area contributed by atoms with E-state index in [0.717, 1.165) is 16.7 Å². The van der Waals surface area contributed by atoms with E-state index in [2.05, 4.69) is 12.2 Å². The molecule has 162 valence electrons. The molecule has 0 N–H and O–H groups in total. The van der Waals surface area contributed by atoms with Gasteiger partial charge in [-0.25, -0.2) is 0 Å². The predicted octanol–water partition coefficient (Wildman–Crippen LogP) is 4.68. The Balaban J connectivity index is 1.15. The molecule has 3 fully saturated rings. The van der Waals surface area contributed by atoms with Crippen molar-refractivity contribution in [3.63, 3.8) is 0 Å². The van der Waals surface area contributed by atoms with E-state index in [1.54, 1.807) is 0 Å².